The zero-order valence-electron chi connectivity index (χ0n) is 19.5. The molecule has 1 N–H and O–H groups in total. The molecule has 11 heteroatoms. The highest BCUT2D eigenvalue weighted by atomic mass is 79.9. The fourth-order valence-corrected chi connectivity index (χ4v) is 4.69. The Morgan fingerprint density at radius 1 is 1.14 bits per heavy atom. The normalized spacial score (nSPS) is 14.2. The highest BCUT2D eigenvalue weighted by Gasteiger charge is 2.36. The van der Waals surface area contributed by atoms with Gasteiger partial charge in [-0.25, -0.2) is 0 Å². The molecule has 3 aromatic rings. The summed E-state index contributed by atoms with van der Waals surface area (Å²) < 4.78 is 6.63. The smallest absolute Gasteiger partial charge is 0.294 e. The van der Waals surface area contributed by atoms with E-state index in [9.17, 15) is 24.5 Å². The molecule has 4 rings (SSSR count). The van der Waals surface area contributed by atoms with Gasteiger partial charge in [-0.1, -0.05) is 28.1 Å². The van der Waals surface area contributed by atoms with E-state index in [0.29, 0.717) is 17.0 Å². The first-order chi connectivity index (χ1) is 17.7. The number of carbonyl (C=O) groups excluding carboxylic acids is 3. The summed E-state index contributed by atoms with van der Waals surface area (Å²) in [5.74, 6) is -0.607. The number of rotatable bonds is 8. The van der Waals surface area contributed by atoms with Gasteiger partial charge in [0.2, 0.25) is 5.91 Å². The van der Waals surface area contributed by atoms with Gasteiger partial charge in [0.1, 0.15) is 18.9 Å². The molecule has 1 heterocycles. The number of non-ortho nitro benzene ring substituents is 1. The van der Waals surface area contributed by atoms with Crippen molar-refractivity contribution in [1.29, 1.82) is 0 Å². The predicted molar refractivity (Wildman–Crippen MR) is 144 cm³/mol. The number of imide groups is 1. The molecule has 1 fully saturated rings. The lowest BCUT2D eigenvalue weighted by Gasteiger charge is -2.13. The van der Waals surface area contributed by atoms with Crippen LogP contribution < -0.4 is 10.1 Å². The Labute approximate surface area is 224 Å². The lowest BCUT2D eigenvalue weighted by atomic mass is 10.1. The van der Waals surface area contributed by atoms with Crippen LogP contribution in [0.2, 0.25) is 0 Å². The van der Waals surface area contributed by atoms with Crippen LogP contribution in [0, 0.1) is 17.0 Å². The first-order valence-electron chi connectivity index (χ1n) is 11.0. The zero-order valence-corrected chi connectivity index (χ0v) is 21.9. The Hall–Kier alpha value is -3.96. The van der Waals surface area contributed by atoms with Crippen molar-refractivity contribution in [3.05, 3.63) is 103 Å². The number of aryl methyl sites for hydroxylation is 1. The van der Waals surface area contributed by atoms with Crippen LogP contribution in [0.25, 0.3) is 6.08 Å². The van der Waals surface area contributed by atoms with E-state index in [1.807, 2.05) is 13.0 Å². The first kappa shape index (κ1) is 26.1. The Balaban J connectivity index is 1.47. The van der Waals surface area contributed by atoms with Gasteiger partial charge in [0.05, 0.1) is 9.83 Å². The minimum Gasteiger partial charge on any atom is -0.488 e. The number of ether oxygens (including phenoxy) is 1. The van der Waals surface area contributed by atoms with Crippen molar-refractivity contribution in [2.24, 2.45) is 0 Å². The number of benzene rings is 3. The third-order valence-electron chi connectivity index (χ3n) is 5.28. The van der Waals surface area contributed by atoms with E-state index in [4.69, 9.17) is 4.74 Å². The minimum atomic E-state index is -0.573. The fourth-order valence-electron chi connectivity index (χ4n) is 3.48. The lowest BCUT2D eigenvalue weighted by Crippen LogP contribution is -2.36. The van der Waals surface area contributed by atoms with Gasteiger partial charge in [-0.3, -0.25) is 29.4 Å². The highest BCUT2D eigenvalue weighted by Crippen LogP contribution is 2.35. The Morgan fingerprint density at radius 3 is 2.59 bits per heavy atom. The van der Waals surface area contributed by atoms with Gasteiger partial charge in [0, 0.05) is 27.9 Å². The third kappa shape index (κ3) is 6.63. The molecule has 9 nitrogen and oxygen atoms in total. The Morgan fingerprint density at radius 2 is 1.89 bits per heavy atom. The number of nitro groups is 1. The molecule has 0 spiro atoms. The second-order valence-electron chi connectivity index (χ2n) is 8.08. The number of carbonyl (C=O) groups is 3. The van der Waals surface area contributed by atoms with Crippen LogP contribution >= 0.6 is 27.7 Å². The van der Waals surface area contributed by atoms with E-state index in [2.05, 4.69) is 21.2 Å². The van der Waals surface area contributed by atoms with Crippen LogP contribution in [-0.2, 0) is 16.2 Å². The summed E-state index contributed by atoms with van der Waals surface area (Å²) in [6.45, 7) is 1.63. The Bertz CT molecular complexity index is 1420. The summed E-state index contributed by atoms with van der Waals surface area (Å²) in [5, 5.41) is 13.0. The molecular formula is C26H20BrN3O6S. The van der Waals surface area contributed by atoms with E-state index in [1.54, 1.807) is 54.6 Å². The molecule has 3 amide bonds. The number of hydrogen-bond acceptors (Lipinski definition) is 7. The number of thioether (sulfide) groups is 1. The number of nitrogens with zero attached hydrogens (tertiary/aromatic N) is 2. The number of nitro benzene ring substituents is 1. The maximum atomic E-state index is 13.0. The monoisotopic (exact) mass is 581 g/mol. The van der Waals surface area contributed by atoms with Gasteiger partial charge in [-0.2, -0.15) is 0 Å². The average molecular weight is 582 g/mol. The molecule has 0 atom stereocenters. The molecule has 0 unspecified atom stereocenters. The lowest BCUT2D eigenvalue weighted by molar-refractivity contribution is -0.384. The van der Waals surface area contributed by atoms with E-state index in [-0.39, 0.29) is 17.2 Å². The summed E-state index contributed by atoms with van der Waals surface area (Å²) >= 11 is 4.15. The SMILES string of the molecule is Cc1cccc(NC(=O)CN2C(=O)S/C(=C\c3cc(Br)ccc3OCc3ccc([N+](=O)[O-])cc3)C2=O)c1. The molecule has 0 radical (unpaired) electrons. The largest absolute Gasteiger partial charge is 0.488 e. The van der Waals surface area contributed by atoms with Gasteiger partial charge in [-0.05, 0) is 78.4 Å². The minimum absolute atomic E-state index is 0.0173. The van der Waals surface area contributed by atoms with Crippen molar-refractivity contribution in [3.63, 3.8) is 0 Å². The molecule has 1 saturated heterocycles. The van der Waals surface area contributed by atoms with Crippen LogP contribution in [0.3, 0.4) is 0 Å². The van der Waals surface area contributed by atoms with Crippen LogP contribution in [0.4, 0.5) is 16.2 Å². The van der Waals surface area contributed by atoms with E-state index in [0.717, 1.165) is 32.3 Å². The number of hydrogen-bond donors (Lipinski definition) is 1. The summed E-state index contributed by atoms with van der Waals surface area (Å²) in [6.07, 6.45) is 1.54. The van der Waals surface area contributed by atoms with Crippen molar-refractivity contribution in [1.82, 2.24) is 4.90 Å². The number of amides is 3. The predicted octanol–water partition coefficient (Wildman–Crippen LogP) is 5.92. The van der Waals surface area contributed by atoms with Gasteiger partial charge in [-0.15, -0.1) is 0 Å². The highest BCUT2D eigenvalue weighted by molar-refractivity contribution is 9.10. The molecule has 1 aliphatic rings. The van der Waals surface area contributed by atoms with Crippen molar-refractivity contribution >= 4 is 62.2 Å². The number of anilines is 1. The van der Waals surface area contributed by atoms with Crippen LogP contribution in [0.1, 0.15) is 16.7 Å². The van der Waals surface area contributed by atoms with Crippen LogP contribution in [0.5, 0.6) is 5.75 Å². The van der Waals surface area contributed by atoms with Crippen LogP contribution in [-0.4, -0.2) is 33.4 Å². The quantitative estimate of drug-likeness (QED) is 0.199. The third-order valence-corrected chi connectivity index (χ3v) is 6.68. The summed E-state index contributed by atoms with van der Waals surface area (Å²) in [4.78, 5) is 49.4. The molecule has 188 valence electrons. The molecule has 0 aromatic heterocycles. The van der Waals surface area contributed by atoms with Gasteiger partial charge >= 0.3 is 0 Å². The van der Waals surface area contributed by atoms with Gasteiger partial charge < -0.3 is 10.1 Å². The average Bonchev–Trinajstić information content (AvgIpc) is 3.11. The van der Waals surface area contributed by atoms with Crippen LogP contribution in [0.15, 0.2) is 76.1 Å². The zero-order chi connectivity index (χ0) is 26.5. The topological polar surface area (TPSA) is 119 Å². The van der Waals surface area contributed by atoms with Crippen molar-refractivity contribution in [2.75, 3.05) is 11.9 Å². The van der Waals surface area contributed by atoms with E-state index >= 15 is 0 Å². The molecule has 0 saturated carbocycles. The maximum absolute atomic E-state index is 13.0. The van der Waals surface area contributed by atoms with Crippen molar-refractivity contribution < 1.29 is 24.0 Å². The van der Waals surface area contributed by atoms with E-state index < -0.39 is 28.5 Å². The standard InChI is InChI=1S/C26H20BrN3O6S/c1-16-3-2-4-20(11-16)28-24(31)14-29-25(32)23(37-26(29)33)13-18-12-19(27)7-10-22(18)36-15-17-5-8-21(9-6-17)30(34)35/h2-13H,14-15H2,1H3,(H,28,31)/b23-13-. The van der Waals surface area contributed by atoms with Crippen molar-refractivity contribution in [2.45, 2.75) is 13.5 Å². The maximum Gasteiger partial charge on any atom is 0.294 e. The second kappa shape index (κ2) is 11.4. The summed E-state index contributed by atoms with van der Waals surface area (Å²) in [7, 11) is 0. The van der Waals surface area contributed by atoms with Gasteiger partial charge in [0.25, 0.3) is 16.8 Å². The fraction of sp³-hybridized carbons (Fsp3) is 0.115. The molecule has 0 bridgehead atoms. The Kier molecular flexibility index (Phi) is 8.04. The van der Waals surface area contributed by atoms with E-state index in [1.165, 1.54) is 12.1 Å². The number of nitrogens with one attached hydrogen (secondary N) is 1. The second-order valence-corrected chi connectivity index (χ2v) is 9.99. The molecule has 3 aromatic carbocycles. The molecule has 0 aliphatic carbocycles. The number of halogens is 1. The van der Waals surface area contributed by atoms with Crippen molar-refractivity contribution in [3.8, 4) is 5.75 Å². The molecule has 37 heavy (non-hydrogen) atoms. The summed E-state index contributed by atoms with van der Waals surface area (Å²) in [6, 6.07) is 18.4. The summed E-state index contributed by atoms with van der Waals surface area (Å²) in [5.41, 5.74) is 2.80. The molecular weight excluding hydrogens is 562 g/mol. The van der Waals surface area contributed by atoms with Gasteiger partial charge in [0.15, 0.2) is 0 Å². The first-order valence-corrected chi connectivity index (χ1v) is 12.6. The molecule has 1 aliphatic heterocycles.